The van der Waals surface area contributed by atoms with Gasteiger partial charge in [-0.25, -0.2) is 0 Å². The molecule has 0 aliphatic rings. The number of aromatic nitrogens is 1. The van der Waals surface area contributed by atoms with Gasteiger partial charge >= 0.3 is 0 Å². The van der Waals surface area contributed by atoms with E-state index in [9.17, 15) is 14.9 Å². The Labute approximate surface area is 90.5 Å². The third kappa shape index (κ3) is 1.83. The highest BCUT2D eigenvalue weighted by atomic mass is 16.6. The molecule has 5 nitrogen and oxygen atoms in total. The zero-order valence-electron chi connectivity index (χ0n) is 8.21. The standard InChI is InChI=1S/C11H8N2O3/c14-10-7-6-9(13(15)16)11(12-10)8-4-2-1-3-5-8/h1-7H,(H,12,14). The molecule has 0 radical (unpaired) electrons. The lowest BCUT2D eigenvalue weighted by Crippen LogP contribution is -2.07. The molecule has 0 atom stereocenters. The normalized spacial score (nSPS) is 10.0. The minimum absolute atomic E-state index is 0.106. The van der Waals surface area contributed by atoms with Crippen LogP contribution in [0.5, 0.6) is 0 Å². The number of nitrogens with zero attached hydrogens (tertiary/aromatic N) is 1. The SMILES string of the molecule is O=c1ccc([N+](=O)[O-])c(-c2ccccc2)[nH]1. The first kappa shape index (κ1) is 10.1. The Balaban J connectivity index is 2.68. The fourth-order valence-corrected chi connectivity index (χ4v) is 1.44. The number of benzene rings is 1. The number of rotatable bonds is 2. The summed E-state index contributed by atoms with van der Waals surface area (Å²) in [4.78, 5) is 23.9. The van der Waals surface area contributed by atoms with Crippen molar-refractivity contribution < 1.29 is 4.92 Å². The second kappa shape index (κ2) is 3.98. The molecule has 1 aromatic carbocycles. The summed E-state index contributed by atoms with van der Waals surface area (Å²) in [5, 5.41) is 10.8. The van der Waals surface area contributed by atoms with E-state index >= 15 is 0 Å². The third-order valence-corrected chi connectivity index (χ3v) is 2.16. The summed E-state index contributed by atoms with van der Waals surface area (Å²) in [7, 11) is 0. The van der Waals surface area contributed by atoms with Crippen LogP contribution in [0, 0.1) is 10.1 Å². The van der Waals surface area contributed by atoms with Crippen molar-refractivity contribution in [1.82, 2.24) is 4.98 Å². The van der Waals surface area contributed by atoms with Crippen molar-refractivity contribution in [2.24, 2.45) is 0 Å². The first-order valence-corrected chi connectivity index (χ1v) is 4.61. The van der Waals surface area contributed by atoms with Gasteiger partial charge in [0.1, 0.15) is 5.69 Å². The van der Waals surface area contributed by atoms with Crippen molar-refractivity contribution in [1.29, 1.82) is 0 Å². The van der Waals surface area contributed by atoms with Crippen LogP contribution >= 0.6 is 0 Å². The Kier molecular flexibility index (Phi) is 2.51. The largest absolute Gasteiger partial charge is 0.316 e. The number of aromatic amines is 1. The summed E-state index contributed by atoms with van der Waals surface area (Å²) in [6.07, 6.45) is 0. The highest BCUT2D eigenvalue weighted by molar-refractivity contribution is 5.68. The molecule has 0 saturated carbocycles. The monoisotopic (exact) mass is 216 g/mol. The summed E-state index contributed by atoms with van der Waals surface area (Å²) in [5.74, 6) is 0. The van der Waals surface area contributed by atoms with E-state index in [0.717, 1.165) is 6.07 Å². The average molecular weight is 216 g/mol. The van der Waals surface area contributed by atoms with Gasteiger partial charge < -0.3 is 4.98 Å². The molecular weight excluding hydrogens is 208 g/mol. The fourth-order valence-electron chi connectivity index (χ4n) is 1.44. The van der Waals surface area contributed by atoms with Crippen molar-refractivity contribution in [3.05, 3.63) is 62.9 Å². The summed E-state index contributed by atoms with van der Waals surface area (Å²) in [5.41, 5.74) is 0.389. The lowest BCUT2D eigenvalue weighted by Gasteiger charge is -2.01. The van der Waals surface area contributed by atoms with E-state index in [0.29, 0.717) is 5.56 Å². The first-order valence-electron chi connectivity index (χ1n) is 4.61. The maximum Gasteiger partial charge on any atom is 0.293 e. The zero-order chi connectivity index (χ0) is 11.5. The molecule has 0 saturated heterocycles. The fraction of sp³-hybridized carbons (Fsp3) is 0. The van der Waals surface area contributed by atoms with Crippen molar-refractivity contribution >= 4 is 5.69 Å². The van der Waals surface area contributed by atoms with Gasteiger partial charge in [-0.15, -0.1) is 0 Å². The number of hydrogen-bond donors (Lipinski definition) is 1. The highest BCUT2D eigenvalue weighted by Gasteiger charge is 2.15. The number of pyridine rings is 1. The summed E-state index contributed by atoms with van der Waals surface area (Å²) < 4.78 is 0. The molecule has 0 fully saturated rings. The molecule has 0 bridgehead atoms. The average Bonchev–Trinajstić information content (AvgIpc) is 2.29. The molecule has 16 heavy (non-hydrogen) atoms. The van der Waals surface area contributed by atoms with Crippen LogP contribution in [0.25, 0.3) is 11.3 Å². The van der Waals surface area contributed by atoms with Gasteiger partial charge in [0, 0.05) is 17.7 Å². The minimum Gasteiger partial charge on any atom is -0.316 e. The Morgan fingerprint density at radius 2 is 1.75 bits per heavy atom. The van der Waals surface area contributed by atoms with E-state index in [1.807, 2.05) is 0 Å². The van der Waals surface area contributed by atoms with E-state index < -0.39 is 4.92 Å². The molecule has 0 aliphatic heterocycles. The molecule has 0 aliphatic carbocycles. The van der Waals surface area contributed by atoms with E-state index in [1.165, 1.54) is 6.07 Å². The molecule has 0 unspecified atom stereocenters. The van der Waals surface area contributed by atoms with Crippen LogP contribution in [0.1, 0.15) is 0 Å². The van der Waals surface area contributed by atoms with Gasteiger partial charge in [0.25, 0.3) is 5.69 Å². The van der Waals surface area contributed by atoms with Crippen LogP contribution in [0.2, 0.25) is 0 Å². The smallest absolute Gasteiger partial charge is 0.293 e. The zero-order valence-corrected chi connectivity index (χ0v) is 8.21. The minimum atomic E-state index is -0.516. The molecular formula is C11H8N2O3. The lowest BCUT2D eigenvalue weighted by molar-refractivity contribution is -0.384. The summed E-state index contributed by atoms with van der Waals surface area (Å²) >= 11 is 0. The van der Waals surface area contributed by atoms with Gasteiger partial charge in [0.15, 0.2) is 0 Å². The van der Waals surface area contributed by atoms with Crippen molar-refractivity contribution in [3.8, 4) is 11.3 Å². The quantitative estimate of drug-likeness (QED) is 0.615. The predicted molar refractivity (Wildman–Crippen MR) is 59.2 cm³/mol. The summed E-state index contributed by atoms with van der Waals surface area (Å²) in [6.45, 7) is 0. The number of nitrogens with one attached hydrogen (secondary N) is 1. The molecule has 0 spiro atoms. The van der Waals surface area contributed by atoms with Gasteiger partial charge in [-0.05, 0) is 0 Å². The second-order valence-corrected chi connectivity index (χ2v) is 3.21. The number of hydrogen-bond acceptors (Lipinski definition) is 3. The van der Waals surface area contributed by atoms with E-state index in [1.54, 1.807) is 30.3 Å². The maximum absolute atomic E-state index is 11.2. The van der Waals surface area contributed by atoms with Gasteiger partial charge in [-0.3, -0.25) is 14.9 Å². The van der Waals surface area contributed by atoms with Crippen LogP contribution in [0.15, 0.2) is 47.3 Å². The molecule has 1 heterocycles. The molecule has 1 aromatic heterocycles. The molecule has 0 amide bonds. The van der Waals surface area contributed by atoms with Crippen molar-refractivity contribution in [3.63, 3.8) is 0 Å². The first-order chi connectivity index (χ1) is 7.68. The number of H-pyrrole nitrogens is 1. The van der Waals surface area contributed by atoms with Crippen LogP contribution in [-0.4, -0.2) is 9.91 Å². The van der Waals surface area contributed by atoms with E-state index in [-0.39, 0.29) is 16.9 Å². The second-order valence-electron chi connectivity index (χ2n) is 3.21. The Hall–Kier alpha value is -2.43. The van der Waals surface area contributed by atoms with E-state index in [2.05, 4.69) is 4.98 Å². The maximum atomic E-state index is 11.2. The van der Waals surface area contributed by atoms with Crippen LogP contribution < -0.4 is 5.56 Å². The highest BCUT2D eigenvalue weighted by Crippen LogP contribution is 2.25. The topological polar surface area (TPSA) is 76.0 Å². The van der Waals surface area contributed by atoms with E-state index in [4.69, 9.17) is 0 Å². The van der Waals surface area contributed by atoms with Crippen molar-refractivity contribution in [2.75, 3.05) is 0 Å². The van der Waals surface area contributed by atoms with Crippen molar-refractivity contribution in [2.45, 2.75) is 0 Å². The Bertz CT molecular complexity index is 575. The summed E-state index contributed by atoms with van der Waals surface area (Å²) in [6, 6.07) is 11.1. The Morgan fingerprint density at radius 1 is 1.06 bits per heavy atom. The van der Waals surface area contributed by atoms with Crippen LogP contribution in [0.4, 0.5) is 5.69 Å². The Morgan fingerprint density at radius 3 is 2.38 bits per heavy atom. The molecule has 2 rings (SSSR count). The molecule has 80 valence electrons. The van der Waals surface area contributed by atoms with Gasteiger partial charge in [-0.2, -0.15) is 0 Å². The lowest BCUT2D eigenvalue weighted by atomic mass is 10.1. The molecule has 2 aromatic rings. The van der Waals surface area contributed by atoms with Gasteiger partial charge in [0.2, 0.25) is 5.56 Å². The van der Waals surface area contributed by atoms with Crippen LogP contribution in [0.3, 0.4) is 0 Å². The number of nitro groups is 1. The molecule has 5 heteroatoms. The van der Waals surface area contributed by atoms with Gasteiger partial charge in [-0.1, -0.05) is 30.3 Å². The van der Waals surface area contributed by atoms with Gasteiger partial charge in [0.05, 0.1) is 4.92 Å². The molecule has 1 N–H and O–H groups in total. The predicted octanol–water partition coefficient (Wildman–Crippen LogP) is 1.95. The third-order valence-electron chi connectivity index (χ3n) is 2.16. The van der Waals surface area contributed by atoms with Crippen LogP contribution in [-0.2, 0) is 0 Å².